The van der Waals surface area contributed by atoms with E-state index in [0.29, 0.717) is 0 Å². The van der Waals surface area contributed by atoms with Crippen molar-refractivity contribution in [2.45, 2.75) is 37.6 Å². The molecule has 182 valence electrons. The van der Waals surface area contributed by atoms with Gasteiger partial charge in [0.15, 0.2) is 5.65 Å². The Morgan fingerprint density at radius 3 is 2.58 bits per heavy atom. The summed E-state index contributed by atoms with van der Waals surface area (Å²) in [5.74, 6) is -0.202. The average Bonchev–Trinajstić information content (AvgIpc) is 3.49. The highest BCUT2D eigenvalue weighted by Gasteiger charge is 2.44. The van der Waals surface area contributed by atoms with Gasteiger partial charge in [-0.25, -0.2) is 9.37 Å². The number of hydrogen-bond donors (Lipinski definition) is 4. The van der Waals surface area contributed by atoms with Gasteiger partial charge >= 0.3 is 0 Å². The van der Waals surface area contributed by atoms with E-state index in [2.05, 4.69) is 52.1 Å². The number of fused-ring (bicyclic) bond motifs is 1. The summed E-state index contributed by atoms with van der Waals surface area (Å²) in [6, 6.07) is 19.4. The zero-order valence-electron chi connectivity index (χ0n) is 19.9. The molecule has 3 heterocycles. The second-order valence-electron chi connectivity index (χ2n) is 9.52. The molecule has 0 saturated heterocycles. The molecule has 2 aromatic carbocycles. The molecule has 36 heavy (non-hydrogen) atoms. The normalized spacial score (nSPS) is 19.0. The number of rotatable bonds is 7. The number of anilines is 2. The van der Waals surface area contributed by atoms with E-state index < -0.39 is 6.23 Å². The number of nitrogens with one attached hydrogen (secondary N) is 3. The van der Waals surface area contributed by atoms with Crippen molar-refractivity contribution >= 4 is 22.6 Å². The van der Waals surface area contributed by atoms with Crippen LogP contribution in [0, 0.1) is 5.82 Å². The topological polar surface area (TPSA) is 73.6 Å². The molecule has 2 unspecified atom stereocenters. The van der Waals surface area contributed by atoms with E-state index in [9.17, 15) is 9.50 Å². The molecule has 0 bridgehead atoms. The minimum Gasteiger partial charge on any atom is -0.370 e. The third-order valence-corrected chi connectivity index (χ3v) is 7.04. The zero-order chi connectivity index (χ0) is 24.7. The summed E-state index contributed by atoms with van der Waals surface area (Å²) in [6.07, 6.45) is 10.6. The molecule has 4 aromatic rings. The Bertz CT molecular complexity index is 1450. The molecule has 6 nitrogen and oxygen atoms in total. The van der Waals surface area contributed by atoms with E-state index in [0.717, 1.165) is 46.7 Å². The molecule has 0 amide bonds. The van der Waals surface area contributed by atoms with Crippen LogP contribution < -0.4 is 16.0 Å². The van der Waals surface area contributed by atoms with E-state index in [1.807, 2.05) is 40.9 Å². The smallest absolute Gasteiger partial charge is 0.161 e. The van der Waals surface area contributed by atoms with Gasteiger partial charge in [-0.1, -0.05) is 24.3 Å². The number of hydrogen-bond acceptors (Lipinski definition) is 5. The van der Waals surface area contributed by atoms with E-state index in [4.69, 9.17) is 0 Å². The highest BCUT2D eigenvalue weighted by Crippen LogP contribution is 2.47. The van der Waals surface area contributed by atoms with Crippen molar-refractivity contribution in [2.24, 2.45) is 0 Å². The standard InChI is InChI=1S/C29H28FN5O/c1-19(34-29(13-14-29)22-4-6-23(30)7-5-22)20-2-8-24(9-3-20)33-25-10-11-26(35-17-16-32-28(25)35)21-12-15-31-27(36)18-21/h2-12,15-19,27,31,33-34,36H,13-14H2,1H3. The number of benzene rings is 2. The van der Waals surface area contributed by atoms with Crippen LogP contribution in [-0.2, 0) is 5.54 Å². The molecule has 1 fully saturated rings. The second kappa shape index (κ2) is 8.93. The Labute approximate surface area is 209 Å². The molecule has 1 saturated carbocycles. The van der Waals surface area contributed by atoms with E-state index in [-0.39, 0.29) is 17.4 Å². The maximum atomic E-state index is 13.4. The first-order chi connectivity index (χ1) is 17.5. The number of halogens is 1. The fourth-order valence-electron chi connectivity index (χ4n) is 4.95. The van der Waals surface area contributed by atoms with Crippen molar-refractivity contribution in [3.63, 3.8) is 0 Å². The van der Waals surface area contributed by atoms with E-state index in [1.54, 1.807) is 18.5 Å². The molecule has 0 radical (unpaired) electrons. The molecule has 2 aliphatic rings. The van der Waals surface area contributed by atoms with Gasteiger partial charge in [0.2, 0.25) is 0 Å². The van der Waals surface area contributed by atoms with Gasteiger partial charge in [-0.05, 0) is 85.6 Å². The molecule has 1 aliphatic carbocycles. The minimum atomic E-state index is -0.706. The molecule has 6 rings (SSSR count). The van der Waals surface area contributed by atoms with Crippen LogP contribution in [0.15, 0.2) is 91.4 Å². The predicted octanol–water partition coefficient (Wildman–Crippen LogP) is 5.38. The number of aliphatic hydroxyl groups excluding tert-OH is 1. The van der Waals surface area contributed by atoms with Crippen LogP contribution >= 0.6 is 0 Å². The van der Waals surface area contributed by atoms with Crippen molar-refractivity contribution in [3.05, 3.63) is 114 Å². The molecule has 2 aromatic heterocycles. The van der Waals surface area contributed by atoms with Crippen LogP contribution in [0.3, 0.4) is 0 Å². The lowest BCUT2D eigenvalue weighted by Gasteiger charge is -2.24. The lowest BCUT2D eigenvalue weighted by atomic mass is 10.0. The summed E-state index contributed by atoms with van der Waals surface area (Å²) < 4.78 is 15.4. The number of allylic oxidation sites excluding steroid dienone is 2. The molecular weight excluding hydrogens is 453 g/mol. The van der Waals surface area contributed by atoms with Gasteiger partial charge in [0.05, 0.1) is 11.4 Å². The first kappa shape index (κ1) is 22.5. The molecule has 7 heteroatoms. The Hall–Kier alpha value is -3.94. The Morgan fingerprint density at radius 2 is 1.86 bits per heavy atom. The van der Waals surface area contributed by atoms with Crippen LogP contribution in [0.4, 0.5) is 15.8 Å². The quantitative estimate of drug-likeness (QED) is 0.285. The van der Waals surface area contributed by atoms with Crippen LogP contribution in [0.5, 0.6) is 0 Å². The van der Waals surface area contributed by atoms with Crippen LogP contribution in [0.1, 0.15) is 42.6 Å². The van der Waals surface area contributed by atoms with Gasteiger partial charge in [0, 0.05) is 35.2 Å². The molecule has 0 spiro atoms. The van der Waals surface area contributed by atoms with Gasteiger partial charge in [-0.2, -0.15) is 0 Å². The summed E-state index contributed by atoms with van der Waals surface area (Å²) in [5, 5.41) is 20.0. The highest BCUT2D eigenvalue weighted by atomic mass is 19.1. The Balaban J connectivity index is 1.18. The van der Waals surface area contributed by atoms with Crippen molar-refractivity contribution < 1.29 is 9.50 Å². The number of aliphatic hydroxyl groups is 1. The lowest BCUT2D eigenvalue weighted by Crippen LogP contribution is -2.31. The van der Waals surface area contributed by atoms with Gasteiger partial charge in [-0.3, -0.25) is 4.40 Å². The number of pyridine rings is 1. The zero-order valence-corrected chi connectivity index (χ0v) is 19.9. The first-order valence-corrected chi connectivity index (χ1v) is 12.2. The van der Waals surface area contributed by atoms with Crippen molar-refractivity contribution in [3.8, 4) is 0 Å². The highest BCUT2D eigenvalue weighted by molar-refractivity contribution is 5.80. The fraction of sp³-hybridized carbons (Fsp3) is 0.207. The van der Waals surface area contributed by atoms with Gasteiger partial charge in [0.1, 0.15) is 12.0 Å². The summed E-state index contributed by atoms with van der Waals surface area (Å²) in [7, 11) is 0. The van der Waals surface area contributed by atoms with Crippen molar-refractivity contribution in [1.29, 1.82) is 0 Å². The number of nitrogens with zero attached hydrogens (tertiary/aromatic N) is 2. The number of imidazole rings is 1. The third kappa shape index (κ3) is 4.27. The van der Waals surface area contributed by atoms with Crippen molar-refractivity contribution in [1.82, 2.24) is 20.0 Å². The summed E-state index contributed by atoms with van der Waals surface area (Å²) in [6.45, 7) is 2.17. The van der Waals surface area contributed by atoms with Crippen LogP contribution in [-0.4, -0.2) is 20.7 Å². The predicted molar refractivity (Wildman–Crippen MR) is 140 cm³/mol. The first-order valence-electron chi connectivity index (χ1n) is 12.2. The van der Waals surface area contributed by atoms with E-state index in [1.165, 1.54) is 17.7 Å². The maximum absolute atomic E-state index is 13.4. The molecule has 4 N–H and O–H groups in total. The summed E-state index contributed by atoms with van der Waals surface area (Å²) in [5.41, 5.74) is 6.84. The average molecular weight is 482 g/mol. The van der Waals surface area contributed by atoms with Gasteiger partial charge in [-0.15, -0.1) is 0 Å². The minimum absolute atomic E-state index is 0.0624. The number of dihydropyridines is 1. The molecule has 1 aliphatic heterocycles. The third-order valence-electron chi connectivity index (χ3n) is 7.04. The second-order valence-corrected chi connectivity index (χ2v) is 9.52. The fourth-order valence-corrected chi connectivity index (χ4v) is 4.95. The molecule has 2 atom stereocenters. The van der Waals surface area contributed by atoms with Crippen LogP contribution in [0.25, 0.3) is 11.2 Å². The lowest BCUT2D eigenvalue weighted by molar-refractivity contribution is 0.201. The van der Waals surface area contributed by atoms with Crippen LogP contribution in [0.2, 0.25) is 0 Å². The summed E-state index contributed by atoms with van der Waals surface area (Å²) >= 11 is 0. The largest absolute Gasteiger partial charge is 0.370 e. The summed E-state index contributed by atoms with van der Waals surface area (Å²) in [4.78, 5) is 4.55. The van der Waals surface area contributed by atoms with Gasteiger partial charge < -0.3 is 21.1 Å². The monoisotopic (exact) mass is 481 g/mol. The Morgan fingerprint density at radius 1 is 1.08 bits per heavy atom. The SMILES string of the molecule is CC(NC1(c2ccc(F)cc2)CC1)c1ccc(Nc2ccc(C3=CC(O)NC=C3)n3ccnc23)cc1. The van der Waals surface area contributed by atoms with E-state index >= 15 is 0 Å². The Kier molecular flexibility index (Phi) is 5.59. The molecular formula is C29H28FN5O. The van der Waals surface area contributed by atoms with Crippen molar-refractivity contribution in [2.75, 3.05) is 5.32 Å². The van der Waals surface area contributed by atoms with Gasteiger partial charge in [0.25, 0.3) is 0 Å². The maximum Gasteiger partial charge on any atom is 0.161 e. The number of aromatic nitrogens is 2.